The summed E-state index contributed by atoms with van der Waals surface area (Å²) in [6, 6.07) is 0. The average Bonchev–Trinajstić information content (AvgIpc) is 2.81. The van der Waals surface area contributed by atoms with Crippen LogP contribution in [0.15, 0.2) is 45.4 Å². The van der Waals surface area contributed by atoms with Crippen molar-refractivity contribution in [3.63, 3.8) is 0 Å². The van der Waals surface area contributed by atoms with Crippen LogP contribution in [-0.4, -0.2) is 25.3 Å². The summed E-state index contributed by atoms with van der Waals surface area (Å²) in [5.74, 6) is 0.683. The first-order chi connectivity index (χ1) is 8.22. The summed E-state index contributed by atoms with van der Waals surface area (Å²) in [5, 5.41) is 13.3. The van der Waals surface area contributed by atoms with E-state index in [0.717, 1.165) is 17.8 Å². The lowest BCUT2D eigenvalue weighted by atomic mass is 10.2. The van der Waals surface area contributed by atoms with Gasteiger partial charge >= 0.3 is 0 Å². The van der Waals surface area contributed by atoms with Crippen molar-refractivity contribution in [3.05, 3.63) is 35.4 Å². The summed E-state index contributed by atoms with van der Waals surface area (Å²) >= 11 is 0. The molecule has 0 saturated heterocycles. The van der Waals surface area contributed by atoms with Crippen LogP contribution in [0.3, 0.4) is 0 Å². The SMILES string of the molecule is C=N/C(C)=C1/C=CN/C1=N/C(C=N)=C/NCC. The highest BCUT2D eigenvalue weighted by molar-refractivity contribution is 6.06. The Balaban J connectivity index is 2.99. The van der Waals surface area contributed by atoms with Crippen molar-refractivity contribution >= 4 is 18.8 Å². The lowest BCUT2D eigenvalue weighted by Gasteiger charge is -2.03. The highest BCUT2D eigenvalue weighted by Gasteiger charge is 2.11. The number of amidine groups is 1. The van der Waals surface area contributed by atoms with Crippen LogP contribution in [0.5, 0.6) is 0 Å². The summed E-state index contributed by atoms with van der Waals surface area (Å²) in [4.78, 5) is 8.22. The molecule has 0 unspecified atom stereocenters. The summed E-state index contributed by atoms with van der Waals surface area (Å²) in [7, 11) is 0. The second kappa shape index (κ2) is 6.42. The van der Waals surface area contributed by atoms with Crippen LogP contribution in [0, 0.1) is 5.41 Å². The molecule has 0 radical (unpaired) electrons. The van der Waals surface area contributed by atoms with Gasteiger partial charge in [-0.1, -0.05) is 0 Å². The molecule has 1 aliphatic rings. The number of nitrogens with zero attached hydrogens (tertiary/aromatic N) is 2. The van der Waals surface area contributed by atoms with E-state index in [4.69, 9.17) is 5.41 Å². The molecule has 0 aliphatic carbocycles. The fourth-order valence-corrected chi connectivity index (χ4v) is 1.27. The fraction of sp³-hybridized carbons (Fsp3) is 0.250. The number of nitrogens with one attached hydrogen (secondary N) is 3. The molecule has 1 aliphatic heterocycles. The first-order valence-corrected chi connectivity index (χ1v) is 5.36. The van der Waals surface area contributed by atoms with Crippen LogP contribution >= 0.6 is 0 Å². The van der Waals surface area contributed by atoms with Gasteiger partial charge in [0.25, 0.3) is 0 Å². The molecule has 0 bridgehead atoms. The fourth-order valence-electron chi connectivity index (χ4n) is 1.27. The highest BCUT2D eigenvalue weighted by Crippen LogP contribution is 2.13. The standard InChI is InChI=1S/C12H17N5/c1-4-15-8-10(7-13)17-12-11(5-6-16-12)9(2)14-3/h5-8,13,15H,3-4H2,1-2H3,(H,16,17)/b10-8+,11-9-,13-7?. The van der Waals surface area contributed by atoms with Gasteiger partial charge in [0.1, 0.15) is 5.84 Å². The Bertz CT molecular complexity index is 426. The van der Waals surface area contributed by atoms with Crippen LogP contribution in [-0.2, 0) is 0 Å². The minimum Gasteiger partial charge on any atom is -0.389 e. The molecule has 0 aromatic carbocycles. The van der Waals surface area contributed by atoms with Crippen LogP contribution in [0.4, 0.5) is 0 Å². The average molecular weight is 231 g/mol. The Morgan fingerprint density at radius 2 is 2.41 bits per heavy atom. The molecular weight excluding hydrogens is 214 g/mol. The Kier molecular flexibility index (Phi) is 4.87. The topological polar surface area (TPSA) is 72.6 Å². The maximum Gasteiger partial charge on any atom is 0.139 e. The third-order valence-electron chi connectivity index (χ3n) is 2.19. The molecule has 5 heteroatoms. The molecule has 90 valence electrons. The maximum atomic E-state index is 7.28. The molecule has 0 amide bonds. The molecule has 0 fully saturated rings. The molecule has 1 rings (SSSR count). The number of aliphatic imine (C=N–C) groups is 2. The van der Waals surface area contributed by atoms with Gasteiger partial charge in [-0.15, -0.1) is 0 Å². The van der Waals surface area contributed by atoms with Crippen molar-refractivity contribution < 1.29 is 0 Å². The van der Waals surface area contributed by atoms with Gasteiger partial charge in [0.05, 0.1) is 5.70 Å². The number of rotatable bonds is 5. The molecule has 0 saturated carbocycles. The quantitative estimate of drug-likeness (QED) is 0.628. The minimum atomic E-state index is 0.549. The molecular formula is C12H17N5. The molecule has 0 atom stereocenters. The normalized spacial score (nSPS) is 20.1. The minimum absolute atomic E-state index is 0.549. The van der Waals surface area contributed by atoms with E-state index < -0.39 is 0 Å². The van der Waals surface area contributed by atoms with E-state index >= 15 is 0 Å². The van der Waals surface area contributed by atoms with Crippen LogP contribution in [0.1, 0.15) is 13.8 Å². The van der Waals surface area contributed by atoms with Gasteiger partial charge in [-0.3, -0.25) is 4.99 Å². The van der Waals surface area contributed by atoms with Gasteiger partial charge in [-0.05, 0) is 26.6 Å². The predicted octanol–water partition coefficient (Wildman–Crippen LogP) is 1.58. The Hall–Kier alpha value is -2.17. The van der Waals surface area contributed by atoms with Gasteiger partial charge in [-0.25, -0.2) is 4.99 Å². The summed E-state index contributed by atoms with van der Waals surface area (Å²) in [6.45, 7) is 8.14. The highest BCUT2D eigenvalue weighted by atomic mass is 15.0. The second-order valence-corrected chi connectivity index (χ2v) is 3.37. The predicted molar refractivity (Wildman–Crippen MR) is 72.5 cm³/mol. The number of allylic oxidation sites excluding steroid dienone is 2. The van der Waals surface area contributed by atoms with Gasteiger partial charge in [0.2, 0.25) is 0 Å². The largest absolute Gasteiger partial charge is 0.389 e. The second-order valence-electron chi connectivity index (χ2n) is 3.37. The molecule has 5 nitrogen and oxygen atoms in total. The summed E-state index contributed by atoms with van der Waals surface area (Å²) in [5.41, 5.74) is 2.24. The first-order valence-electron chi connectivity index (χ1n) is 5.36. The van der Waals surface area contributed by atoms with Crippen molar-refractivity contribution in [1.82, 2.24) is 10.6 Å². The lowest BCUT2D eigenvalue weighted by molar-refractivity contribution is 0.912. The van der Waals surface area contributed by atoms with E-state index in [-0.39, 0.29) is 0 Å². The number of hydrogen-bond acceptors (Lipinski definition) is 4. The molecule has 0 spiro atoms. The van der Waals surface area contributed by atoms with Crippen molar-refractivity contribution in [2.24, 2.45) is 9.98 Å². The molecule has 0 aromatic heterocycles. The monoisotopic (exact) mass is 231 g/mol. The maximum absolute atomic E-state index is 7.28. The van der Waals surface area contributed by atoms with E-state index in [1.165, 1.54) is 6.21 Å². The zero-order valence-electron chi connectivity index (χ0n) is 10.1. The lowest BCUT2D eigenvalue weighted by Crippen LogP contribution is -2.15. The van der Waals surface area contributed by atoms with E-state index in [9.17, 15) is 0 Å². The van der Waals surface area contributed by atoms with E-state index in [2.05, 4.69) is 27.3 Å². The van der Waals surface area contributed by atoms with E-state index in [1.807, 2.05) is 19.9 Å². The van der Waals surface area contributed by atoms with Gasteiger partial charge in [0, 0.05) is 36.4 Å². The Morgan fingerprint density at radius 1 is 1.65 bits per heavy atom. The third-order valence-corrected chi connectivity index (χ3v) is 2.19. The zero-order chi connectivity index (χ0) is 12.7. The van der Waals surface area contributed by atoms with Gasteiger partial charge in [0.15, 0.2) is 0 Å². The Labute approximate surface area is 101 Å². The summed E-state index contributed by atoms with van der Waals surface area (Å²) < 4.78 is 0. The van der Waals surface area contributed by atoms with Crippen molar-refractivity contribution in [2.45, 2.75) is 13.8 Å². The van der Waals surface area contributed by atoms with Crippen LogP contribution in [0.25, 0.3) is 0 Å². The zero-order valence-corrected chi connectivity index (χ0v) is 10.1. The van der Waals surface area contributed by atoms with E-state index in [0.29, 0.717) is 11.5 Å². The van der Waals surface area contributed by atoms with Crippen LogP contribution < -0.4 is 10.6 Å². The molecule has 3 N–H and O–H groups in total. The van der Waals surface area contributed by atoms with Gasteiger partial charge in [-0.2, -0.15) is 0 Å². The van der Waals surface area contributed by atoms with Crippen LogP contribution in [0.2, 0.25) is 0 Å². The van der Waals surface area contributed by atoms with E-state index in [1.54, 1.807) is 12.4 Å². The summed E-state index contributed by atoms with van der Waals surface area (Å²) in [6.07, 6.45) is 6.58. The third kappa shape index (κ3) is 3.41. The van der Waals surface area contributed by atoms with Gasteiger partial charge < -0.3 is 16.0 Å². The molecule has 1 heterocycles. The first kappa shape index (κ1) is 12.9. The number of hydrogen-bond donors (Lipinski definition) is 3. The van der Waals surface area contributed by atoms with Crippen molar-refractivity contribution in [3.8, 4) is 0 Å². The molecule has 17 heavy (non-hydrogen) atoms. The molecule has 0 aromatic rings. The Morgan fingerprint density at radius 3 is 3.00 bits per heavy atom. The van der Waals surface area contributed by atoms with Crippen molar-refractivity contribution in [1.29, 1.82) is 5.41 Å². The van der Waals surface area contributed by atoms with Crippen molar-refractivity contribution in [2.75, 3.05) is 6.54 Å². The smallest absolute Gasteiger partial charge is 0.139 e.